The fourth-order valence-electron chi connectivity index (χ4n) is 2.14. The first-order chi connectivity index (χ1) is 9.20. The second-order valence-corrected chi connectivity index (χ2v) is 5.22. The normalized spacial score (nSPS) is 18.8. The predicted molar refractivity (Wildman–Crippen MR) is 66.6 cm³/mol. The van der Waals surface area contributed by atoms with Crippen LogP contribution in [0.4, 0.5) is 13.2 Å². The molecule has 1 saturated heterocycles. The third-order valence-electron chi connectivity index (χ3n) is 3.24. The first-order valence-corrected chi connectivity index (χ1v) is 6.58. The van der Waals surface area contributed by atoms with Crippen LogP contribution in [0.2, 0.25) is 0 Å². The lowest BCUT2D eigenvalue weighted by atomic mass is 9.96. The standard InChI is InChI=1S/C12H20F3N3O2/c1-8(16)6-10(19)17-7-9-2-4-18(5-3-9)11(20)12(13,14)15/h8-9H,2-7,16H2,1H3,(H,17,19). The third kappa shape index (κ3) is 5.36. The summed E-state index contributed by atoms with van der Waals surface area (Å²) >= 11 is 0. The Balaban J connectivity index is 2.29. The fraction of sp³-hybridized carbons (Fsp3) is 0.833. The number of carbonyl (C=O) groups is 2. The molecular formula is C12H20F3N3O2. The van der Waals surface area contributed by atoms with Gasteiger partial charge in [-0.25, -0.2) is 0 Å². The molecule has 0 radical (unpaired) electrons. The molecule has 0 bridgehead atoms. The van der Waals surface area contributed by atoms with Crippen LogP contribution >= 0.6 is 0 Å². The number of piperidine rings is 1. The molecule has 0 saturated carbocycles. The number of carbonyl (C=O) groups excluding carboxylic acids is 2. The van der Waals surface area contributed by atoms with Crippen LogP contribution in [0.15, 0.2) is 0 Å². The molecule has 0 aromatic rings. The van der Waals surface area contributed by atoms with E-state index in [1.807, 2.05) is 0 Å². The molecule has 0 aliphatic carbocycles. The van der Waals surface area contributed by atoms with Crippen LogP contribution in [0, 0.1) is 5.92 Å². The highest BCUT2D eigenvalue weighted by molar-refractivity contribution is 5.81. The summed E-state index contributed by atoms with van der Waals surface area (Å²) in [4.78, 5) is 23.2. The van der Waals surface area contributed by atoms with E-state index in [-0.39, 0.29) is 37.4 Å². The molecule has 1 heterocycles. The summed E-state index contributed by atoms with van der Waals surface area (Å²) in [5, 5.41) is 2.71. The molecule has 20 heavy (non-hydrogen) atoms. The van der Waals surface area contributed by atoms with Crippen molar-refractivity contribution < 1.29 is 22.8 Å². The average molecular weight is 295 g/mol. The van der Waals surface area contributed by atoms with Gasteiger partial charge in [0.1, 0.15) is 0 Å². The summed E-state index contributed by atoms with van der Waals surface area (Å²) in [5.41, 5.74) is 5.48. The van der Waals surface area contributed by atoms with Crippen molar-refractivity contribution in [2.24, 2.45) is 11.7 Å². The van der Waals surface area contributed by atoms with Crippen LogP contribution in [-0.4, -0.2) is 48.6 Å². The van der Waals surface area contributed by atoms with E-state index in [2.05, 4.69) is 5.32 Å². The Morgan fingerprint density at radius 3 is 2.35 bits per heavy atom. The molecule has 1 aliphatic rings. The zero-order chi connectivity index (χ0) is 15.3. The minimum Gasteiger partial charge on any atom is -0.356 e. The number of hydrogen-bond acceptors (Lipinski definition) is 3. The number of alkyl halides is 3. The molecule has 0 aromatic heterocycles. The summed E-state index contributed by atoms with van der Waals surface area (Å²) in [7, 11) is 0. The van der Waals surface area contributed by atoms with Gasteiger partial charge in [0.05, 0.1) is 0 Å². The van der Waals surface area contributed by atoms with E-state index in [1.165, 1.54) is 0 Å². The van der Waals surface area contributed by atoms with Crippen LogP contribution in [0.1, 0.15) is 26.2 Å². The monoisotopic (exact) mass is 295 g/mol. The van der Waals surface area contributed by atoms with Gasteiger partial charge in [-0.1, -0.05) is 0 Å². The summed E-state index contributed by atoms with van der Waals surface area (Å²) in [6.45, 7) is 2.29. The van der Waals surface area contributed by atoms with E-state index in [0.29, 0.717) is 19.4 Å². The van der Waals surface area contributed by atoms with Crippen molar-refractivity contribution >= 4 is 11.8 Å². The zero-order valence-corrected chi connectivity index (χ0v) is 11.4. The molecule has 116 valence electrons. The molecule has 1 aliphatic heterocycles. The number of likely N-dealkylation sites (tertiary alicyclic amines) is 1. The number of amides is 2. The van der Waals surface area contributed by atoms with E-state index < -0.39 is 12.1 Å². The number of nitrogens with two attached hydrogens (primary N) is 1. The van der Waals surface area contributed by atoms with Gasteiger partial charge in [-0.05, 0) is 25.7 Å². The van der Waals surface area contributed by atoms with Crippen LogP contribution < -0.4 is 11.1 Å². The maximum absolute atomic E-state index is 12.2. The Morgan fingerprint density at radius 1 is 1.35 bits per heavy atom. The van der Waals surface area contributed by atoms with Crippen LogP contribution in [-0.2, 0) is 9.59 Å². The number of nitrogens with one attached hydrogen (secondary N) is 1. The minimum atomic E-state index is -4.81. The molecule has 1 atom stereocenters. The Kier molecular flexibility index (Phi) is 5.79. The molecule has 5 nitrogen and oxygen atoms in total. The van der Waals surface area contributed by atoms with E-state index in [1.54, 1.807) is 6.92 Å². The van der Waals surface area contributed by atoms with Crippen molar-refractivity contribution in [3.05, 3.63) is 0 Å². The molecule has 1 fully saturated rings. The fourth-order valence-corrected chi connectivity index (χ4v) is 2.14. The third-order valence-corrected chi connectivity index (χ3v) is 3.24. The van der Waals surface area contributed by atoms with Gasteiger partial charge in [0, 0.05) is 32.1 Å². The summed E-state index contributed by atoms with van der Waals surface area (Å²) in [5.74, 6) is -1.84. The number of rotatable bonds is 4. The molecule has 3 N–H and O–H groups in total. The SMILES string of the molecule is CC(N)CC(=O)NCC1CCN(C(=O)C(F)(F)F)CC1. The second-order valence-electron chi connectivity index (χ2n) is 5.22. The van der Waals surface area contributed by atoms with Gasteiger partial charge in [-0.3, -0.25) is 9.59 Å². The van der Waals surface area contributed by atoms with Crippen LogP contribution in [0.3, 0.4) is 0 Å². The molecule has 2 amide bonds. The summed E-state index contributed by atoms with van der Waals surface area (Å²) in [6, 6.07) is -0.221. The minimum absolute atomic E-state index is 0.0756. The van der Waals surface area contributed by atoms with E-state index in [9.17, 15) is 22.8 Å². The topological polar surface area (TPSA) is 75.4 Å². The lowest BCUT2D eigenvalue weighted by molar-refractivity contribution is -0.186. The zero-order valence-electron chi connectivity index (χ0n) is 11.4. The Morgan fingerprint density at radius 2 is 1.90 bits per heavy atom. The quantitative estimate of drug-likeness (QED) is 0.799. The highest BCUT2D eigenvalue weighted by Gasteiger charge is 2.43. The number of nitrogens with zero attached hydrogens (tertiary/aromatic N) is 1. The van der Waals surface area contributed by atoms with Crippen molar-refractivity contribution in [1.29, 1.82) is 0 Å². The average Bonchev–Trinajstić information content (AvgIpc) is 2.34. The maximum atomic E-state index is 12.2. The van der Waals surface area contributed by atoms with Crippen LogP contribution in [0.5, 0.6) is 0 Å². The van der Waals surface area contributed by atoms with Gasteiger partial charge in [0.15, 0.2) is 0 Å². The Bertz CT molecular complexity index is 350. The maximum Gasteiger partial charge on any atom is 0.471 e. The first-order valence-electron chi connectivity index (χ1n) is 6.58. The second kappa shape index (κ2) is 6.92. The molecule has 1 unspecified atom stereocenters. The van der Waals surface area contributed by atoms with Crippen LogP contribution in [0.25, 0.3) is 0 Å². The first kappa shape index (κ1) is 16.7. The van der Waals surface area contributed by atoms with Gasteiger partial charge in [0.2, 0.25) is 5.91 Å². The van der Waals surface area contributed by atoms with Gasteiger partial charge in [-0.15, -0.1) is 0 Å². The smallest absolute Gasteiger partial charge is 0.356 e. The number of hydrogen-bond donors (Lipinski definition) is 2. The summed E-state index contributed by atoms with van der Waals surface area (Å²) < 4.78 is 36.7. The Labute approximate surface area is 115 Å². The highest BCUT2D eigenvalue weighted by atomic mass is 19.4. The van der Waals surface area contributed by atoms with Gasteiger partial charge >= 0.3 is 12.1 Å². The van der Waals surface area contributed by atoms with E-state index >= 15 is 0 Å². The molecule has 0 aromatic carbocycles. The molecule has 0 spiro atoms. The lowest BCUT2D eigenvalue weighted by Crippen LogP contribution is -2.46. The molecule has 8 heteroatoms. The number of halogens is 3. The van der Waals surface area contributed by atoms with E-state index in [4.69, 9.17) is 5.73 Å². The summed E-state index contributed by atoms with van der Waals surface area (Å²) in [6.07, 6.45) is -3.66. The van der Waals surface area contributed by atoms with Crippen molar-refractivity contribution in [3.63, 3.8) is 0 Å². The molecule has 1 rings (SSSR count). The predicted octanol–water partition coefficient (Wildman–Crippen LogP) is 0.641. The van der Waals surface area contributed by atoms with Gasteiger partial charge in [-0.2, -0.15) is 13.2 Å². The molecular weight excluding hydrogens is 275 g/mol. The highest BCUT2D eigenvalue weighted by Crippen LogP contribution is 2.23. The van der Waals surface area contributed by atoms with Crippen molar-refractivity contribution in [1.82, 2.24) is 10.2 Å². The van der Waals surface area contributed by atoms with Crippen molar-refractivity contribution in [2.45, 2.75) is 38.4 Å². The largest absolute Gasteiger partial charge is 0.471 e. The van der Waals surface area contributed by atoms with Gasteiger partial charge < -0.3 is 16.0 Å². The van der Waals surface area contributed by atoms with Crippen molar-refractivity contribution in [2.75, 3.05) is 19.6 Å². The lowest BCUT2D eigenvalue weighted by Gasteiger charge is -2.32. The van der Waals surface area contributed by atoms with Gasteiger partial charge in [0.25, 0.3) is 0 Å². The van der Waals surface area contributed by atoms with E-state index in [0.717, 1.165) is 4.90 Å². The Hall–Kier alpha value is -1.31. The van der Waals surface area contributed by atoms with Crippen molar-refractivity contribution in [3.8, 4) is 0 Å².